The SMILES string of the molecule is Cc1c2c(cc3c(-c4ccccc4)cc(=O)oc13)C(=NOCC(=O)NCC(=O)O)CC1(CCCCC1)O2. The number of carboxylic acids is 1. The number of rotatable bonds is 6. The molecule has 1 aliphatic carbocycles. The van der Waals surface area contributed by atoms with Gasteiger partial charge in [0.05, 0.1) is 5.71 Å². The first-order chi connectivity index (χ1) is 17.8. The minimum absolute atomic E-state index is 0.406. The number of aryl methyl sites for hydroxylation is 1. The highest BCUT2D eigenvalue weighted by molar-refractivity contribution is 6.09. The highest BCUT2D eigenvalue weighted by Gasteiger charge is 2.42. The Kier molecular flexibility index (Phi) is 6.69. The lowest BCUT2D eigenvalue weighted by molar-refractivity contribution is -0.138. The number of oxime groups is 1. The van der Waals surface area contributed by atoms with Gasteiger partial charge in [-0.1, -0.05) is 41.9 Å². The van der Waals surface area contributed by atoms with Crippen molar-refractivity contribution in [3.8, 4) is 16.9 Å². The van der Waals surface area contributed by atoms with Crippen LogP contribution in [0.2, 0.25) is 0 Å². The molecule has 2 heterocycles. The van der Waals surface area contributed by atoms with Gasteiger partial charge in [0, 0.05) is 29.0 Å². The van der Waals surface area contributed by atoms with Crippen LogP contribution in [0, 0.1) is 6.92 Å². The molecular formula is C28H28N2O7. The number of carbonyl (C=O) groups excluding carboxylic acids is 1. The van der Waals surface area contributed by atoms with Crippen molar-refractivity contribution in [3.05, 3.63) is 64.0 Å². The molecule has 0 saturated heterocycles. The number of carbonyl (C=O) groups is 2. The number of hydrogen-bond donors (Lipinski definition) is 2. The van der Waals surface area contributed by atoms with Gasteiger partial charge in [-0.2, -0.15) is 0 Å². The number of aliphatic carboxylic acids is 1. The molecule has 2 aliphatic rings. The van der Waals surface area contributed by atoms with Crippen molar-refractivity contribution in [2.75, 3.05) is 13.2 Å². The van der Waals surface area contributed by atoms with Crippen molar-refractivity contribution >= 4 is 28.6 Å². The van der Waals surface area contributed by atoms with Crippen molar-refractivity contribution in [1.29, 1.82) is 0 Å². The second-order valence-electron chi connectivity index (χ2n) is 9.60. The molecule has 9 nitrogen and oxygen atoms in total. The Morgan fingerprint density at radius 1 is 1.11 bits per heavy atom. The van der Waals surface area contributed by atoms with Crippen LogP contribution in [0.25, 0.3) is 22.1 Å². The topological polar surface area (TPSA) is 127 Å². The van der Waals surface area contributed by atoms with E-state index in [1.807, 2.05) is 43.3 Å². The molecule has 0 atom stereocenters. The van der Waals surface area contributed by atoms with Crippen LogP contribution in [0.15, 0.2) is 56.8 Å². The van der Waals surface area contributed by atoms with Gasteiger partial charge in [-0.25, -0.2) is 4.79 Å². The fourth-order valence-electron chi connectivity index (χ4n) is 5.25. The normalized spacial score (nSPS) is 17.3. The summed E-state index contributed by atoms with van der Waals surface area (Å²) in [6, 6.07) is 13.0. The summed E-state index contributed by atoms with van der Waals surface area (Å²) in [5.74, 6) is -1.11. The molecular weight excluding hydrogens is 476 g/mol. The van der Waals surface area contributed by atoms with Crippen molar-refractivity contribution in [3.63, 3.8) is 0 Å². The van der Waals surface area contributed by atoms with Crippen molar-refractivity contribution in [1.82, 2.24) is 5.32 Å². The van der Waals surface area contributed by atoms with E-state index in [0.29, 0.717) is 29.0 Å². The van der Waals surface area contributed by atoms with Crippen molar-refractivity contribution in [2.24, 2.45) is 5.16 Å². The lowest BCUT2D eigenvalue weighted by Crippen LogP contribution is -2.44. The average Bonchev–Trinajstić information content (AvgIpc) is 2.89. The smallest absolute Gasteiger partial charge is 0.336 e. The number of amides is 1. The zero-order chi connectivity index (χ0) is 26.0. The molecule has 0 unspecified atom stereocenters. The molecule has 1 spiro atoms. The molecule has 37 heavy (non-hydrogen) atoms. The van der Waals surface area contributed by atoms with E-state index in [9.17, 15) is 14.4 Å². The Balaban J connectivity index is 1.60. The van der Waals surface area contributed by atoms with Crippen molar-refractivity contribution in [2.45, 2.75) is 51.0 Å². The zero-order valence-electron chi connectivity index (χ0n) is 20.5. The molecule has 1 saturated carbocycles. The van der Waals surface area contributed by atoms with Gasteiger partial charge >= 0.3 is 11.6 Å². The monoisotopic (exact) mass is 504 g/mol. The summed E-state index contributed by atoms with van der Waals surface area (Å²) in [5.41, 5.74) is 3.26. The molecule has 1 fully saturated rings. The van der Waals surface area contributed by atoms with Gasteiger partial charge in [-0.3, -0.25) is 9.59 Å². The van der Waals surface area contributed by atoms with E-state index in [1.165, 1.54) is 6.07 Å². The summed E-state index contributed by atoms with van der Waals surface area (Å²) in [6.45, 7) is 0.979. The van der Waals surface area contributed by atoms with Crippen LogP contribution >= 0.6 is 0 Å². The lowest BCUT2D eigenvalue weighted by atomic mass is 9.77. The standard InChI is InChI=1S/C28H28N2O7/c1-17-26-20(19(13-25(34)36-26)18-8-4-2-5-9-18)12-21-22(30-35-16-23(31)29-15-24(32)33)14-28(37-27(17)21)10-6-3-7-11-28/h2,4-5,8-9,12-13H,3,6-7,10-11,14-16H2,1H3,(H,29,31)(H,32,33). The summed E-state index contributed by atoms with van der Waals surface area (Å²) < 4.78 is 12.3. The maximum absolute atomic E-state index is 12.5. The molecule has 1 aliphatic heterocycles. The van der Waals surface area contributed by atoms with Crippen LogP contribution in [0.4, 0.5) is 0 Å². The average molecular weight is 505 g/mol. The Labute approximate surface area is 213 Å². The maximum atomic E-state index is 12.5. The maximum Gasteiger partial charge on any atom is 0.336 e. The van der Waals surface area contributed by atoms with Crippen LogP contribution in [-0.4, -0.2) is 41.4 Å². The van der Waals surface area contributed by atoms with E-state index < -0.39 is 36.3 Å². The molecule has 0 radical (unpaired) electrons. The first-order valence-electron chi connectivity index (χ1n) is 12.4. The summed E-state index contributed by atoms with van der Waals surface area (Å²) in [6.07, 6.45) is 5.42. The summed E-state index contributed by atoms with van der Waals surface area (Å²) in [5, 5.41) is 16.1. The molecule has 9 heteroatoms. The highest BCUT2D eigenvalue weighted by Crippen LogP contribution is 2.46. The second-order valence-corrected chi connectivity index (χ2v) is 9.60. The Hall–Kier alpha value is -4.14. The molecule has 2 aromatic carbocycles. The predicted molar refractivity (Wildman–Crippen MR) is 137 cm³/mol. The largest absolute Gasteiger partial charge is 0.486 e. The van der Waals surface area contributed by atoms with Gasteiger partial charge in [-0.05, 0) is 49.8 Å². The Morgan fingerprint density at radius 3 is 2.59 bits per heavy atom. The van der Waals surface area contributed by atoms with E-state index in [1.54, 1.807) is 0 Å². The number of nitrogens with one attached hydrogen (secondary N) is 1. The molecule has 1 aromatic heterocycles. The fraction of sp³-hybridized carbons (Fsp3) is 0.357. The van der Waals surface area contributed by atoms with E-state index in [4.69, 9.17) is 19.1 Å². The van der Waals surface area contributed by atoms with Gasteiger partial charge in [0.25, 0.3) is 5.91 Å². The van der Waals surface area contributed by atoms with Crippen LogP contribution < -0.4 is 15.7 Å². The number of hydrogen-bond acceptors (Lipinski definition) is 7. The second kappa shape index (κ2) is 10.1. The molecule has 1 amide bonds. The number of benzene rings is 2. The lowest BCUT2D eigenvalue weighted by Gasteiger charge is -2.42. The minimum atomic E-state index is -1.14. The van der Waals surface area contributed by atoms with E-state index in [-0.39, 0.29) is 0 Å². The summed E-state index contributed by atoms with van der Waals surface area (Å²) in [4.78, 5) is 40.6. The summed E-state index contributed by atoms with van der Waals surface area (Å²) >= 11 is 0. The van der Waals surface area contributed by atoms with Crippen LogP contribution in [0.5, 0.6) is 5.75 Å². The minimum Gasteiger partial charge on any atom is -0.486 e. The predicted octanol–water partition coefficient (Wildman–Crippen LogP) is 4.18. The third-order valence-electron chi connectivity index (χ3n) is 6.99. The van der Waals surface area contributed by atoms with Gasteiger partial charge in [0.2, 0.25) is 0 Å². The molecule has 0 bridgehead atoms. The Morgan fingerprint density at radius 2 is 1.86 bits per heavy atom. The molecule has 5 rings (SSSR count). The quantitative estimate of drug-likeness (QED) is 0.381. The van der Waals surface area contributed by atoms with Crippen molar-refractivity contribution < 1.29 is 28.7 Å². The summed E-state index contributed by atoms with van der Waals surface area (Å²) in [7, 11) is 0. The van der Waals surface area contributed by atoms with Gasteiger partial charge < -0.3 is 24.4 Å². The van der Waals surface area contributed by atoms with Gasteiger partial charge in [-0.15, -0.1) is 0 Å². The third kappa shape index (κ3) is 5.07. The van der Waals surface area contributed by atoms with Crippen LogP contribution in [-0.2, 0) is 14.4 Å². The molecule has 3 aromatic rings. The zero-order valence-corrected chi connectivity index (χ0v) is 20.5. The van der Waals surface area contributed by atoms with Crippen LogP contribution in [0.3, 0.4) is 0 Å². The highest BCUT2D eigenvalue weighted by atomic mass is 16.6. The number of ether oxygens (including phenoxy) is 1. The number of fused-ring (bicyclic) bond motifs is 2. The van der Waals surface area contributed by atoms with Crippen LogP contribution in [0.1, 0.15) is 49.7 Å². The van der Waals surface area contributed by atoms with E-state index in [2.05, 4.69) is 10.5 Å². The van der Waals surface area contributed by atoms with E-state index in [0.717, 1.165) is 54.2 Å². The van der Waals surface area contributed by atoms with E-state index >= 15 is 0 Å². The molecule has 192 valence electrons. The fourth-order valence-corrected chi connectivity index (χ4v) is 5.25. The Bertz CT molecular complexity index is 1440. The van der Waals surface area contributed by atoms with Gasteiger partial charge in [0.1, 0.15) is 23.5 Å². The third-order valence-corrected chi connectivity index (χ3v) is 6.99. The number of carboxylic acid groups (broad SMARTS) is 1. The van der Waals surface area contributed by atoms with Gasteiger partial charge in [0.15, 0.2) is 6.61 Å². The number of nitrogens with zero attached hydrogens (tertiary/aromatic N) is 1. The molecule has 2 N–H and O–H groups in total. The first kappa shape index (κ1) is 24.5. The first-order valence-corrected chi connectivity index (χ1v) is 12.4.